The van der Waals surface area contributed by atoms with Crippen molar-refractivity contribution >= 4 is 40.3 Å². The van der Waals surface area contributed by atoms with Gasteiger partial charge in [-0.1, -0.05) is 23.2 Å². The third kappa shape index (κ3) is 2.84. The van der Waals surface area contributed by atoms with Gasteiger partial charge in [-0.2, -0.15) is 0 Å². The predicted molar refractivity (Wildman–Crippen MR) is 75.4 cm³/mol. The van der Waals surface area contributed by atoms with Gasteiger partial charge in [0.25, 0.3) is 0 Å². The van der Waals surface area contributed by atoms with E-state index in [0.29, 0.717) is 15.7 Å². The van der Waals surface area contributed by atoms with Crippen molar-refractivity contribution in [1.82, 2.24) is 0 Å². The lowest BCUT2D eigenvalue weighted by Crippen LogP contribution is -2.09. The van der Waals surface area contributed by atoms with E-state index >= 15 is 0 Å². The Hall–Kier alpha value is -1.38. The molecule has 0 aliphatic carbocycles. The summed E-state index contributed by atoms with van der Waals surface area (Å²) < 4.78 is 0. The van der Waals surface area contributed by atoms with Gasteiger partial charge in [0.2, 0.25) is 0 Å². The number of anilines is 3. The average molecular weight is 267 g/mol. The zero-order valence-corrected chi connectivity index (χ0v) is 10.8. The van der Waals surface area contributed by atoms with Gasteiger partial charge in [-0.15, -0.1) is 0 Å². The molecule has 0 amide bonds. The van der Waals surface area contributed by atoms with Gasteiger partial charge in [0.15, 0.2) is 0 Å². The highest BCUT2D eigenvalue weighted by Gasteiger charge is 2.05. The van der Waals surface area contributed by atoms with E-state index in [0.717, 1.165) is 11.4 Å². The van der Waals surface area contributed by atoms with E-state index in [1.165, 1.54) is 0 Å². The highest BCUT2D eigenvalue weighted by Crippen LogP contribution is 2.29. The van der Waals surface area contributed by atoms with Crippen molar-refractivity contribution in [3.63, 3.8) is 0 Å². The molecule has 17 heavy (non-hydrogen) atoms. The number of nitrogen functional groups attached to an aromatic ring is 1. The quantitative estimate of drug-likeness (QED) is 0.820. The van der Waals surface area contributed by atoms with E-state index in [2.05, 4.69) is 0 Å². The number of halogens is 2. The van der Waals surface area contributed by atoms with Gasteiger partial charge >= 0.3 is 0 Å². The molecule has 88 valence electrons. The van der Waals surface area contributed by atoms with Crippen LogP contribution in [0.5, 0.6) is 0 Å². The predicted octanol–water partition coefficient (Wildman–Crippen LogP) is 4.34. The van der Waals surface area contributed by atoms with E-state index < -0.39 is 0 Å². The summed E-state index contributed by atoms with van der Waals surface area (Å²) >= 11 is 11.8. The number of nitrogens with two attached hydrogens (primary N) is 1. The normalized spacial score (nSPS) is 10.3. The summed E-state index contributed by atoms with van der Waals surface area (Å²) in [7, 11) is 1.95. The van der Waals surface area contributed by atoms with Gasteiger partial charge in [-0.3, -0.25) is 0 Å². The Balaban J connectivity index is 2.36. The highest BCUT2D eigenvalue weighted by molar-refractivity contribution is 6.31. The summed E-state index contributed by atoms with van der Waals surface area (Å²) in [6.45, 7) is 0. The van der Waals surface area contributed by atoms with Crippen LogP contribution in [0.4, 0.5) is 17.1 Å². The van der Waals surface area contributed by atoms with Crippen LogP contribution >= 0.6 is 23.2 Å². The van der Waals surface area contributed by atoms with Crippen LogP contribution in [-0.4, -0.2) is 7.05 Å². The summed E-state index contributed by atoms with van der Waals surface area (Å²) in [5.74, 6) is 0. The monoisotopic (exact) mass is 266 g/mol. The van der Waals surface area contributed by atoms with Gasteiger partial charge in [0, 0.05) is 34.2 Å². The zero-order valence-electron chi connectivity index (χ0n) is 9.32. The molecule has 0 spiro atoms. The first kappa shape index (κ1) is 12.1. The Morgan fingerprint density at radius 2 is 1.53 bits per heavy atom. The number of rotatable bonds is 2. The van der Waals surface area contributed by atoms with Gasteiger partial charge in [0.05, 0.1) is 0 Å². The van der Waals surface area contributed by atoms with Crippen molar-refractivity contribution in [1.29, 1.82) is 0 Å². The smallest absolute Gasteiger partial charge is 0.0447 e. The number of benzene rings is 2. The molecule has 0 fully saturated rings. The molecule has 0 aliphatic heterocycles. The first-order valence-electron chi connectivity index (χ1n) is 5.11. The van der Waals surface area contributed by atoms with Crippen molar-refractivity contribution in [2.45, 2.75) is 0 Å². The van der Waals surface area contributed by atoms with Crippen molar-refractivity contribution in [3.8, 4) is 0 Å². The standard InChI is InChI=1S/C13H12Cl2N2/c1-17(12-4-2-9(14)3-5-12)13-7-10(15)6-11(16)8-13/h2-8H,16H2,1H3. The molecule has 0 heterocycles. The van der Waals surface area contributed by atoms with E-state index in [-0.39, 0.29) is 0 Å². The van der Waals surface area contributed by atoms with Crippen LogP contribution in [0.3, 0.4) is 0 Å². The molecule has 0 saturated carbocycles. The van der Waals surface area contributed by atoms with E-state index in [1.807, 2.05) is 48.3 Å². The minimum Gasteiger partial charge on any atom is -0.399 e. The molecule has 0 bridgehead atoms. The third-order valence-electron chi connectivity index (χ3n) is 2.51. The highest BCUT2D eigenvalue weighted by atomic mass is 35.5. The second-order valence-corrected chi connectivity index (χ2v) is 4.65. The minimum absolute atomic E-state index is 0.626. The second kappa shape index (κ2) is 4.86. The number of hydrogen-bond acceptors (Lipinski definition) is 2. The maximum atomic E-state index is 5.98. The number of hydrogen-bond donors (Lipinski definition) is 1. The van der Waals surface area contributed by atoms with Crippen molar-refractivity contribution in [2.24, 2.45) is 0 Å². The molecule has 0 unspecified atom stereocenters. The van der Waals surface area contributed by atoms with Crippen molar-refractivity contribution < 1.29 is 0 Å². The Labute approximate surface area is 111 Å². The molecule has 2 N–H and O–H groups in total. The van der Waals surface area contributed by atoms with E-state index in [4.69, 9.17) is 28.9 Å². The zero-order chi connectivity index (χ0) is 12.4. The fraction of sp³-hybridized carbons (Fsp3) is 0.0769. The minimum atomic E-state index is 0.626. The van der Waals surface area contributed by atoms with Crippen LogP contribution in [0.1, 0.15) is 0 Å². The van der Waals surface area contributed by atoms with Crippen LogP contribution in [-0.2, 0) is 0 Å². The molecule has 2 nitrogen and oxygen atoms in total. The molecule has 0 radical (unpaired) electrons. The first-order chi connectivity index (χ1) is 8.06. The fourth-order valence-corrected chi connectivity index (χ4v) is 1.97. The SMILES string of the molecule is CN(c1ccc(Cl)cc1)c1cc(N)cc(Cl)c1. The lowest BCUT2D eigenvalue weighted by Gasteiger charge is -2.20. The fourth-order valence-electron chi connectivity index (χ4n) is 1.60. The molecule has 2 rings (SSSR count). The largest absolute Gasteiger partial charge is 0.399 e. The second-order valence-electron chi connectivity index (χ2n) is 3.78. The summed E-state index contributed by atoms with van der Waals surface area (Å²) in [6, 6.07) is 13.1. The summed E-state index contributed by atoms with van der Waals surface area (Å²) in [5, 5.41) is 1.34. The van der Waals surface area contributed by atoms with Crippen molar-refractivity contribution in [3.05, 3.63) is 52.5 Å². The lowest BCUT2D eigenvalue weighted by atomic mass is 10.2. The average Bonchev–Trinajstić information content (AvgIpc) is 2.28. The molecule has 2 aromatic rings. The maximum Gasteiger partial charge on any atom is 0.0447 e. The maximum absolute atomic E-state index is 5.98. The van der Waals surface area contributed by atoms with Crippen LogP contribution in [0.2, 0.25) is 10.0 Å². The first-order valence-corrected chi connectivity index (χ1v) is 5.87. The summed E-state index contributed by atoms with van der Waals surface area (Å²) in [6.07, 6.45) is 0. The Kier molecular flexibility index (Phi) is 3.46. The Morgan fingerprint density at radius 3 is 2.12 bits per heavy atom. The molecule has 0 saturated heterocycles. The van der Waals surface area contributed by atoms with Gasteiger partial charge in [-0.05, 0) is 42.5 Å². The van der Waals surface area contributed by atoms with Crippen LogP contribution in [0.15, 0.2) is 42.5 Å². The Morgan fingerprint density at radius 1 is 0.882 bits per heavy atom. The van der Waals surface area contributed by atoms with Crippen LogP contribution < -0.4 is 10.6 Å². The summed E-state index contributed by atoms with van der Waals surface area (Å²) in [5.41, 5.74) is 8.38. The molecular weight excluding hydrogens is 255 g/mol. The topological polar surface area (TPSA) is 29.3 Å². The molecule has 4 heteroatoms. The molecule has 2 aromatic carbocycles. The van der Waals surface area contributed by atoms with Gasteiger partial charge in [-0.25, -0.2) is 0 Å². The van der Waals surface area contributed by atoms with Crippen molar-refractivity contribution in [2.75, 3.05) is 17.7 Å². The molecule has 0 atom stereocenters. The summed E-state index contributed by atoms with van der Waals surface area (Å²) in [4.78, 5) is 2.00. The van der Waals surface area contributed by atoms with Gasteiger partial charge in [0.1, 0.15) is 0 Å². The molecule has 0 aromatic heterocycles. The van der Waals surface area contributed by atoms with Crippen LogP contribution in [0, 0.1) is 0 Å². The third-order valence-corrected chi connectivity index (χ3v) is 2.98. The number of nitrogens with zero attached hydrogens (tertiary/aromatic N) is 1. The van der Waals surface area contributed by atoms with Gasteiger partial charge < -0.3 is 10.6 Å². The molecular formula is C13H12Cl2N2. The lowest BCUT2D eigenvalue weighted by molar-refractivity contribution is 1.21. The molecule has 0 aliphatic rings. The Bertz CT molecular complexity index is 503. The van der Waals surface area contributed by atoms with E-state index in [9.17, 15) is 0 Å². The van der Waals surface area contributed by atoms with Crippen LogP contribution in [0.25, 0.3) is 0 Å². The van der Waals surface area contributed by atoms with E-state index in [1.54, 1.807) is 6.07 Å².